The number of H-pyrrole nitrogens is 2. The quantitative estimate of drug-likeness (QED) is 0.386. The minimum atomic E-state index is -4.46. The van der Waals surface area contributed by atoms with Crippen molar-refractivity contribution in [3.63, 3.8) is 0 Å². The van der Waals surface area contributed by atoms with Gasteiger partial charge >= 0.3 is 6.18 Å². The molecule has 1 saturated heterocycles. The number of imidazole rings is 2. The van der Waals surface area contributed by atoms with Gasteiger partial charge in [0.25, 0.3) is 0 Å². The van der Waals surface area contributed by atoms with Crippen molar-refractivity contribution in [2.45, 2.75) is 18.8 Å². The van der Waals surface area contributed by atoms with E-state index >= 15 is 0 Å². The van der Waals surface area contributed by atoms with E-state index < -0.39 is 11.7 Å². The van der Waals surface area contributed by atoms with Gasteiger partial charge in [0.2, 0.25) is 0 Å². The summed E-state index contributed by atoms with van der Waals surface area (Å²) in [5, 5.41) is 7.01. The van der Waals surface area contributed by atoms with Crippen LogP contribution in [-0.4, -0.2) is 64.1 Å². The van der Waals surface area contributed by atoms with Gasteiger partial charge in [-0.1, -0.05) is 0 Å². The average Bonchev–Trinajstić information content (AvgIpc) is 3.65. The van der Waals surface area contributed by atoms with Crippen LogP contribution in [0.4, 0.5) is 19.0 Å². The van der Waals surface area contributed by atoms with E-state index in [0.29, 0.717) is 42.6 Å². The molecule has 0 spiro atoms. The van der Waals surface area contributed by atoms with E-state index in [1.807, 2.05) is 18.5 Å². The number of rotatable bonds is 5. The van der Waals surface area contributed by atoms with Gasteiger partial charge < -0.3 is 9.88 Å². The van der Waals surface area contributed by atoms with Gasteiger partial charge in [-0.25, -0.2) is 19.9 Å². The normalized spacial score (nSPS) is 17.2. The Morgan fingerprint density at radius 3 is 2.72 bits per heavy atom. The molecule has 0 aliphatic carbocycles. The number of hydrogen-bond acceptors (Lipinski definition) is 7. The highest BCUT2D eigenvalue weighted by molar-refractivity contribution is 5.59. The minimum absolute atomic E-state index is 0.0335. The second-order valence-corrected chi connectivity index (χ2v) is 8.53. The second kappa shape index (κ2) is 8.75. The summed E-state index contributed by atoms with van der Waals surface area (Å²) in [5.41, 5.74) is 1.06. The Labute approximate surface area is 202 Å². The molecule has 0 amide bonds. The lowest BCUT2D eigenvalue weighted by Crippen LogP contribution is -2.48. The van der Waals surface area contributed by atoms with E-state index in [1.54, 1.807) is 18.6 Å². The van der Waals surface area contributed by atoms with Crippen molar-refractivity contribution < 1.29 is 13.2 Å². The molecule has 0 radical (unpaired) electrons. The Balaban J connectivity index is 1.30. The van der Waals surface area contributed by atoms with Crippen molar-refractivity contribution in [3.05, 3.63) is 78.5 Å². The lowest BCUT2D eigenvalue weighted by atomic mass is 10.1. The summed E-state index contributed by atoms with van der Waals surface area (Å²) in [7, 11) is 0. The first-order valence-corrected chi connectivity index (χ1v) is 11.3. The Hall–Kier alpha value is -4.26. The SMILES string of the molecule is FC(F)(F)c1ccc2ncc(-c3nccc(N4CCN(Cc5ncc[nH]5)C(c5cn[nH]c5)C4)n3)n2c1. The molecule has 13 heteroatoms. The Bertz CT molecular complexity index is 1460. The van der Waals surface area contributed by atoms with E-state index in [-0.39, 0.29) is 6.04 Å². The third-order valence-corrected chi connectivity index (χ3v) is 6.33. The lowest BCUT2D eigenvalue weighted by molar-refractivity contribution is -0.137. The van der Waals surface area contributed by atoms with Crippen LogP contribution >= 0.6 is 0 Å². The van der Waals surface area contributed by atoms with Gasteiger partial charge in [-0.15, -0.1) is 0 Å². The summed E-state index contributed by atoms with van der Waals surface area (Å²) in [6.45, 7) is 2.76. The van der Waals surface area contributed by atoms with Gasteiger partial charge in [-0.2, -0.15) is 18.3 Å². The maximum atomic E-state index is 13.3. The minimum Gasteiger partial charge on any atom is -0.353 e. The number of hydrogen-bond donors (Lipinski definition) is 2. The zero-order chi connectivity index (χ0) is 24.7. The lowest BCUT2D eigenvalue weighted by Gasteiger charge is -2.41. The molecule has 0 aromatic carbocycles. The first-order chi connectivity index (χ1) is 17.5. The van der Waals surface area contributed by atoms with E-state index in [4.69, 9.17) is 4.98 Å². The van der Waals surface area contributed by atoms with Crippen molar-refractivity contribution in [1.29, 1.82) is 0 Å². The van der Waals surface area contributed by atoms with Crippen LogP contribution < -0.4 is 4.90 Å². The Morgan fingerprint density at radius 1 is 1.03 bits per heavy atom. The van der Waals surface area contributed by atoms with Crippen LogP contribution in [-0.2, 0) is 12.7 Å². The molecule has 10 nitrogen and oxygen atoms in total. The highest BCUT2D eigenvalue weighted by Gasteiger charge is 2.32. The zero-order valence-corrected chi connectivity index (χ0v) is 18.9. The van der Waals surface area contributed by atoms with Gasteiger partial charge in [0.15, 0.2) is 5.82 Å². The number of nitrogens with one attached hydrogen (secondary N) is 2. The average molecular weight is 494 g/mol. The van der Waals surface area contributed by atoms with Crippen molar-refractivity contribution in [3.8, 4) is 11.5 Å². The smallest absolute Gasteiger partial charge is 0.353 e. The molecule has 1 atom stereocenters. The molecule has 1 unspecified atom stereocenters. The second-order valence-electron chi connectivity index (χ2n) is 8.53. The Kier molecular flexibility index (Phi) is 5.40. The molecule has 0 saturated carbocycles. The standard InChI is InChI=1S/C23H21F3N10/c24-23(25,26)16-1-2-20-30-11-17(36(20)12-16)22-29-4-3-21(33-22)35-8-7-34(14-19-27-5-6-28-19)18(13-35)15-9-31-32-10-15/h1-6,9-12,18H,7-8,13-14H2,(H,27,28)(H,31,32). The number of fused-ring (bicyclic) bond motifs is 1. The number of nitrogens with zero attached hydrogens (tertiary/aromatic N) is 8. The van der Waals surface area contributed by atoms with Crippen LogP contribution in [0.15, 0.2) is 61.6 Å². The zero-order valence-electron chi connectivity index (χ0n) is 18.9. The van der Waals surface area contributed by atoms with Crippen molar-refractivity contribution in [2.75, 3.05) is 24.5 Å². The summed E-state index contributed by atoms with van der Waals surface area (Å²) < 4.78 is 41.2. The number of halogens is 3. The van der Waals surface area contributed by atoms with Crippen molar-refractivity contribution in [1.82, 2.24) is 44.4 Å². The number of aromatic amines is 2. The fourth-order valence-electron chi connectivity index (χ4n) is 4.52. The fourth-order valence-corrected chi connectivity index (χ4v) is 4.52. The highest BCUT2D eigenvalue weighted by Crippen LogP contribution is 2.31. The monoisotopic (exact) mass is 494 g/mol. The van der Waals surface area contributed by atoms with E-state index in [2.05, 4.69) is 39.9 Å². The molecule has 1 aliphatic heterocycles. The van der Waals surface area contributed by atoms with Crippen LogP contribution in [0.1, 0.15) is 23.0 Å². The summed E-state index contributed by atoms with van der Waals surface area (Å²) in [6.07, 6.45) is 6.90. The van der Waals surface area contributed by atoms with E-state index in [0.717, 1.165) is 30.2 Å². The number of anilines is 1. The molecule has 1 aliphatic rings. The molecular weight excluding hydrogens is 473 g/mol. The van der Waals surface area contributed by atoms with Crippen LogP contribution in [0.25, 0.3) is 17.2 Å². The van der Waals surface area contributed by atoms with Crippen molar-refractivity contribution in [2.24, 2.45) is 0 Å². The fraction of sp³-hybridized carbons (Fsp3) is 0.261. The number of piperazine rings is 1. The van der Waals surface area contributed by atoms with Gasteiger partial charge in [0.1, 0.15) is 23.0 Å². The third kappa shape index (κ3) is 4.17. The summed E-state index contributed by atoms with van der Waals surface area (Å²) >= 11 is 0. The molecule has 5 aromatic rings. The topological polar surface area (TPSA) is 107 Å². The van der Waals surface area contributed by atoms with Crippen LogP contribution in [0.3, 0.4) is 0 Å². The number of aromatic nitrogens is 8. The van der Waals surface area contributed by atoms with Crippen LogP contribution in [0, 0.1) is 0 Å². The number of pyridine rings is 1. The van der Waals surface area contributed by atoms with Gasteiger partial charge in [-0.05, 0) is 18.2 Å². The Morgan fingerprint density at radius 2 is 1.94 bits per heavy atom. The molecule has 1 fully saturated rings. The number of alkyl halides is 3. The third-order valence-electron chi connectivity index (χ3n) is 6.33. The highest BCUT2D eigenvalue weighted by atomic mass is 19.4. The molecule has 0 bridgehead atoms. The predicted octanol–water partition coefficient (Wildman–Crippen LogP) is 3.32. The molecule has 36 heavy (non-hydrogen) atoms. The van der Waals surface area contributed by atoms with Gasteiger partial charge in [0.05, 0.1) is 30.5 Å². The first-order valence-electron chi connectivity index (χ1n) is 11.3. The van der Waals surface area contributed by atoms with Crippen molar-refractivity contribution >= 4 is 11.5 Å². The molecule has 6 rings (SSSR count). The molecular formula is C23H21F3N10. The maximum absolute atomic E-state index is 13.3. The van der Waals surface area contributed by atoms with Gasteiger partial charge in [-0.3, -0.25) is 14.4 Å². The molecule has 5 aromatic heterocycles. The molecule has 184 valence electrons. The summed E-state index contributed by atoms with van der Waals surface area (Å²) in [6, 6.07) is 4.19. The van der Waals surface area contributed by atoms with Gasteiger partial charge in [0, 0.05) is 56.2 Å². The molecule has 6 heterocycles. The van der Waals surface area contributed by atoms with Crippen LogP contribution in [0.2, 0.25) is 0 Å². The predicted molar refractivity (Wildman–Crippen MR) is 124 cm³/mol. The van der Waals surface area contributed by atoms with E-state index in [9.17, 15) is 13.2 Å². The van der Waals surface area contributed by atoms with Crippen LogP contribution in [0.5, 0.6) is 0 Å². The summed E-state index contributed by atoms with van der Waals surface area (Å²) in [4.78, 5) is 25.3. The maximum Gasteiger partial charge on any atom is 0.417 e. The largest absolute Gasteiger partial charge is 0.417 e. The van der Waals surface area contributed by atoms with E-state index in [1.165, 1.54) is 16.7 Å². The summed E-state index contributed by atoms with van der Waals surface area (Å²) in [5.74, 6) is 1.87. The first kappa shape index (κ1) is 22.2. The molecule has 2 N–H and O–H groups in total.